The summed E-state index contributed by atoms with van der Waals surface area (Å²) in [5.41, 5.74) is 5.60. The summed E-state index contributed by atoms with van der Waals surface area (Å²) in [6.45, 7) is 4.45. The van der Waals surface area contributed by atoms with E-state index in [9.17, 15) is 0 Å². The molecule has 1 aromatic rings. The third-order valence-electron chi connectivity index (χ3n) is 3.49. The molecule has 1 aromatic heterocycles. The van der Waals surface area contributed by atoms with Gasteiger partial charge in [-0.1, -0.05) is 26.7 Å². The van der Waals surface area contributed by atoms with Crippen LogP contribution in [0.4, 0.5) is 5.95 Å². The first-order chi connectivity index (χ1) is 6.60. The normalized spacial score (nSPS) is 19.0. The molecule has 0 bridgehead atoms. The highest BCUT2D eigenvalue weighted by Gasteiger charge is 2.35. The Hall–Kier alpha value is -1.06. The number of hydrogen-bond donors (Lipinski definition) is 2. The first-order valence-electron chi connectivity index (χ1n) is 5.29. The molecule has 0 aromatic carbocycles. The van der Waals surface area contributed by atoms with Gasteiger partial charge in [0.05, 0.1) is 0 Å². The van der Waals surface area contributed by atoms with Crippen molar-refractivity contribution >= 4 is 5.95 Å². The van der Waals surface area contributed by atoms with Crippen LogP contribution < -0.4 is 5.73 Å². The number of nitrogens with two attached hydrogens (primary N) is 1. The van der Waals surface area contributed by atoms with Crippen LogP contribution in [0.25, 0.3) is 0 Å². The number of nitrogens with zero attached hydrogens (tertiary/aromatic N) is 2. The number of aromatic nitrogens is 3. The molecule has 1 fully saturated rings. The molecule has 1 saturated carbocycles. The average molecular weight is 194 g/mol. The summed E-state index contributed by atoms with van der Waals surface area (Å²) in [5.74, 6) is 2.00. The molecule has 1 aliphatic rings. The summed E-state index contributed by atoms with van der Waals surface area (Å²) in [6, 6.07) is 0. The number of nitrogens with one attached hydrogen (secondary N) is 1. The molecule has 4 nitrogen and oxygen atoms in total. The lowest BCUT2D eigenvalue weighted by Gasteiger charge is -2.28. The van der Waals surface area contributed by atoms with Gasteiger partial charge >= 0.3 is 0 Å². The predicted molar refractivity (Wildman–Crippen MR) is 55.8 cm³/mol. The maximum absolute atomic E-state index is 5.52. The van der Waals surface area contributed by atoms with E-state index >= 15 is 0 Å². The largest absolute Gasteiger partial charge is 0.367 e. The van der Waals surface area contributed by atoms with Gasteiger partial charge in [-0.2, -0.15) is 4.98 Å². The molecule has 0 atom stereocenters. The highest BCUT2D eigenvalue weighted by atomic mass is 15.3. The molecule has 0 saturated heterocycles. The standard InChI is InChI=1S/C10H18N4/c1-10(2,7-5-3-4-6-7)8-12-9(11)14-13-8/h7H,3-6H2,1-2H3,(H3,11,12,13,14). The van der Waals surface area contributed by atoms with Crippen LogP contribution in [-0.2, 0) is 5.41 Å². The highest BCUT2D eigenvalue weighted by Crippen LogP contribution is 2.40. The second-order valence-corrected chi connectivity index (χ2v) is 4.75. The van der Waals surface area contributed by atoms with Crippen LogP contribution in [0.5, 0.6) is 0 Å². The van der Waals surface area contributed by atoms with Crippen LogP contribution in [0.3, 0.4) is 0 Å². The number of nitrogen functional groups attached to an aromatic ring is 1. The van der Waals surface area contributed by atoms with E-state index in [1.165, 1.54) is 25.7 Å². The van der Waals surface area contributed by atoms with Crippen molar-refractivity contribution in [2.45, 2.75) is 44.9 Å². The van der Waals surface area contributed by atoms with Gasteiger partial charge in [0.15, 0.2) is 0 Å². The molecule has 0 spiro atoms. The fourth-order valence-corrected chi connectivity index (χ4v) is 2.40. The van der Waals surface area contributed by atoms with Crippen LogP contribution in [0.15, 0.2) is 0 Å². The average Bonchev–Trinajstić information content (AvgIpc) is 2.72. The quantitative estimate of drug-likeness (QED) is 0.755. The summed E-state index contributed by atoms with van der Waals surface area (Å²) >= 11 is 0. The van der Waals surface area contributed by atoms with Crippen molar-refractivity contribution in [3.05, 3.63) is 5.82 Å². The van der Waals surface area contributed by atoms with Crippen LogP contribution in [-0.4, -0.2) is 15.2 Å². The Morgan fingerprint density at radius 1 is 1.36 bits per heavy atom. The predicted octanol–water partition coefficient (Wildman–Crippen LogP) is 1.85. The second-order valence-electron chi connectivity index (χ2n) is 4.75. The van der Waals surface area contributed by atoms with Crippen LogP contribution in [0.1, 0.15) is 45.4 Å². The van der Waals surface area contributed by atoms with Crippen LogP contribution in [0.2, 0.25) is 0 Å². The van der Waals surface area contributed by atoms with Gasteiger partial charge in [-0.3, -0.25) is 5.10 Å². The smallest absolute Gasteiger partial charge is 0.239 e. The van der Waals surface area contributed by atoms with Crippen molar-refractivity contribution in [3.63, 3.8) is 0 Å². The van der Waals surface area contributed by atoms with E-state index in [-0.39, 0.29) is 5.41 Å². The Morgan fingerprint density at radius 2 is 2.00 bits per heavy atom. The van der Waals surface area contributed by atoms with Crippen molar-refractivity contribution in [3.8, 4) is 0 Å². The Labute approximate surface area is 84.3 Å². The Bertz CT molecular complexity index is 310. The first-order valence-corrected chi connectivity index (χ1v) is 5.29. The minimum absolute atomic E-state index is 0.0844. The Balaban J connectivity index is 2.22. The molecular weight excluding hydrogens is 176 g/mol. The van der Waals surface area contributed by atoms with Crippen molar-refractivity contribution in [1.29, 1.82) is 0 Å². The van der Waals surface area contributed by atoms with E-state index in [0.29, 0.717) is 5.95 Å². The van der Waals surface area contributed by atoms with Gasteiger partial charge in [-0.15, -0.1) is 5.10 Å². The molecule has 2 rings (SSSR count). The molecule has 1 aliphatic carbocycles. The first kappa shape index (κ1) is 9.49. The minimum Gasteiger partial charge on any atom is -0.367 e. The Morgan fingerprint density at radius 3 is 2.50 bits per heavy atom. The lowest BCUT2D eigenvalue weighted by Crippen LogP contribution is -2.28. The summed E-state index contributed by atoms with van der Waals surface area (Å²) in [7, 11) is 0. The number of rotatable bonds is 2. The zero-order chi connectivity index (χ0) is 10.2. The summed E-state index contributed by atoms with van der Waals surface area (Å²) in [5, 5.41) is 6.83. The molecule has 0 radical (unpaired) electrons. The summed E-state index contributed by atoms with van der Waals surface area (Å²) < 4.78 is 0. The third kappa shape index (κ3) is 1.49. The van der Waals surface area contributed by atoms with Gasteiger partial charge in [-0.25, -0.2) is 0 Å². The maximum Gasteiger partial charge on any atom is 0.239 e. The molecule has 1 heterocycles. The monoisotopic (exact) mass is 194 g/mol. The summed E-state index contributed by atoms with van der Waals surface area (Å²) in [4.78, 5) is 4.24. The molecule has 78 valence electrons. The minimum atomic E-state index is 0.0844. The van der Waals surface area contributed by atoms with Crippen molar-refractivity contribution in [2.24, 2.45) is 5.92 Å². The zero-order valence-corrected chi connectivity index (χ0v) is 8.88. The van der Waals surface area contributed by atoms with Crippen molar-refractivity contribution < 1.29 is 0 Å². The summed E-state index contributed by atoms with van der Waals surface area (Å²) in [6.07, 6.45) is 5.29. The van der Waals surface area contributed by atoms with Crippen LogP contribution in [0, 0.1) is 5.92 Å². The van der Waals surface area contributed by atoms with E-state index in [1.807, 2.05) is 0 Å². The van der Waals surface area contributed by atoms with Crippen molar-refractivity contribution in [2.75, 3.05) is 5.73 Å². The fraction of sp³-hybridized carbons (Fsp3) is 0.800. The van der Waals surface area contributed by atoms with Crippen LogP contribution >= 0.6 is 0 Å². The van der Waals surface area contributed by atoms with Gasteiger partial charge in [0.2, 0.25) is 5.95 Å². The lowest BCUT2D eigenvalue weighted by molar-refractivity contribution is 0.309. The van der Waals surface area contributed by atoms with Gasteiger partial charge in [0.1, 0.15) is 5.82 Å². The van der Waals surface area contributed by atoms with E-state index in [0.717, 1.165) is 11.7 Å². The van der Waals surface area contributed by atoms with E-state index < -0.39 is 0 Å². The molecule has 3 N–H and O–H groups in total. The van der Waals surface area contributed by atoms with E-state index in [2.05, 4.69) is 29.0 Å². The molecule has 0 unspecified atom stereocenters. The van der Waals surface area contributed by atoms with Gasteiger partial charge in [0.25, 0.3) is 0 Å². The molecule has 0 aliphatic heterocycles. The fourth-order valence-electron chi connectivity index (χ4n) is 2.40. The highest BCUT2D eigenvalue weighted by molar-refractivity contribution is 5.18. The second kappa shape index (κ2) is 3.26. The molecule has 0 amide bonds. The van der Waals surface area contributed by atoms with E-state index in [1.54, 1.807) is 0 Å². The van der Waals surface area contributed by atoms with Gasteiger partial charge < -0.3 is 5.73 Å². The zero-order valence-electron chi connectivity index (χ0n) is 8.88. The number of hydrogen-bond acceptors (Lipinski definition) is 3. The van der Waals surface area contributed by atoms with Gasteiger partial charge in [0, 0.05) is 5.41 Å². The number of anilines is 1. The SMILES string of the molecule is CC(C)(c1nc(N)n[nH]1)C1CCCC1. The van der Waals surface area contributed by atoms with Gasteiger partial charge in [-0.05, 0) is 18.8 Å². The van der Waals surface area contributed by atoms with Crippen molar-refractivity contribution in [1.82, 2.24) is 15.2 Å². The topological polar surface area (TPSA) is 67.6 Å². The Kier molecular flexibility index (Phi) is 2.21. The molecular formula is C10H18N4. The number of H-pyrrole nitrogens is 1. The van der Waals surface area contributed by atoms with E-state index in [4.69, 9.17) is 5.73 Å². The lowest BCUT2D eigenvalue weighted by atomic mass is 9.77. The third-order valence-corrected chi connectivity index (χ3v) is 3.49. The maximum atomic E-state index is 5.52. The molecule has 14 heavy (non-hydrogen) atoms. The number of aromatic amines is 1. The molecule has 4 heteroatoms.